The van der Waals surface area contributed by atoms with Crippen LogP contribution in [-0.2, 0) is 4.74 Å². The van der Waals surface area contributed by atoms with Crippen molar-refractivity contribution in [3.63, 3.8) is 0 Å². The van der Waals surface area contributed by atoms with Crippen molar-refractivity contribution in [1.82, 2.24) is 0 Å². The lowest BCUT2D eigenvalue weighted by atomic mass is 10.1. The van der Waals surface area contributed by atoms with E-state index < -0.39 is 5.91 Å². The molecule has 1 aliphatic heterocycles. The molecule has 1 fully saturated rings. The largest absolute Gasteiger partial charge is 0.398 e. The third-order valence-electron chi connectivity index (χ3n) is 2.88. The Bertz CT molecular complexity index is 414. The van der Waals surface area contributed by atoms with Gasteiger partial charge in [0.25, 0.3) is 5.91 Å². The molecule has 1 aromatic rings. The Hall–Kier alpha value is -1.75. The maximum Gasteiger partial charge on any atom is 0.250 e. The summed E-state index contributed by atoms with van der Waals surface area (Å²) in [7, 11) is 0. The number of nitrogens with two attached hydrogens (primary N) is 2. The zero-order valence-electron chi connectivity index (χ0n) is 9.61. The number of hydrogen-bond donors (Lipinski definition) is 3. The smallest absolute Gasteiger partial charge is 0.250 e. The molecule has 5 N–H and O–H groups in total. The van der Waals surface area contributed by atoms with Crippen molar-refractivity contribution in [2.24, 2.45) is 5.73 Å². The fourth-order valence-corrected chi connectivity index (χ4v) is 1.92. The van der Waals surface area contributed by atoms with Crippen LogP contribution in [0.15, 0.2) is 18.2 Å². The summed E-state index contributed by atoms with van der Waals surface area (Å²) < 4.78 is 5.50. The summed E-state index contributed by atoms with van der Waals surface area (Å²) in [4.78, 5) is 11.1. The zero-order chi connectivity index (χ0) is 12.3. The van der Waals surface area contributed by atoms with Gasteiger partial charge in [-0.15, -0.1) is 0 Å². The van der Waals surface area contributed by atoms with Gasteiger partial charge in [0.05, 0.1) is 11.7 Å². The Morgan fingerprint density at radius 3 is 3.00 bits per heavy atom. The number of nitrogens with one attached hydrogen (secondary N) is 1. The van der Waals surface area contributed by atoms with Crippen molar-refractivity contribution in [3.05, 3.63) is 23.8 Å². The van der Waals surface area contributed by atoms with Crippen LogP contribution in [0.2, 0.25) is 0 Å². The molecular formula is C12H17N3O2. The lowest BCUT2D eigenvalue weighted by Crippen LogP contribution is -2.19. The van der Waals surface area contributed by atoms with Gasteiger partial charge >= 0.3 is 0 Å². The van der Waals surface area contributed by atoms with Crippen molar-refractivity contribution in [1.29, 1.82) is 0 Å². The van der Waals surface area contributed by atoms with Gasteiger partial charge in [-0.1, -0.05) is 0 Å². The molecule has 5 heteroatoms. The summed E-state index contributed by atoms with van der Waals surface area (Å²) in [5, 5.41) is 3.22. The predicted octanol–water partition coefficient (Wildman–Crippen LogP) is 0.959. The molecule has 1 heterocycles. The van der Waals surface area contributed by atoms with Gasteiger partial charge in [-0.3, -0.25) is 4.79 Å². The lowest BCUT2D eigenvalue weighted by Gasteiger charge is -2.13. The maximum absolute atomic E-state index is 11.1. The van der Waals surface area contributed by atoms with Gasteiger partial charge in [0, 0.05) is 24.5 Å². The van der Waals surface area contributed by atoms with Crippen molar-refractivity contribution < 1.29 is 9.53 Å². The van der Waals surface area contributed by atoms with Gasteiger partial charge < -0.3 is 21.5 Å². The van der Waals surface area contributed by atoms with E-state index in [-0.39, 0.29) is 6.10 Å². The average Bonchev–Trinajstić information content (AvgIpc) is 2.80. The topological polar surface area (TPSA) is 90.4 Å². The van der Waals surface area contributed by atoms with Crippen LogP contribution in [0.5, 0.6) is 0 Å². The first kappa shape index (κ1) is 11.7. The second kappa shape index (κ2) is 5.05. The van der Waals surface area contributed by atoms with E-state index in [1.807, 2.05) is 6.07 Å². The highest BCUT2D eigenvalue weighted by molar-refractivity contribution is 5.98. The van der Waals surface area contributed by atoms with E-state index in [1.54, 1.807) is 12.1 Å². The standard InChI is InChI=1S/C12H17N3O2/c13-11-4-3-8(6-10(11)12(14)16)15-7-9-2-1-5-17-9/h3-4,6,9,15H,1-2,5,7,13H2,(H2,14,16). The van der Waals surface area contributed by atoms with Crippen LogP contribution in [0.3, 0.4) is 0 Å². The van der Waals surface area contributed by atoms with Crippen LogP contribution >= 0.6 is 0 Å². The van der Waals surface area contributed by atoms with Crippen LogP contribution < -0.4 is 16.8 Å². The third kappa shape index (κ3) is 2.88. The number of nitrogen functional groups attached to an aromatic ring is 1. The fraction of sp³-hybridized carbons (Fsp3) is 0.417. The van der Waals surface area contributed by atoms with Crippen molar-refractivity contribution in [3.8, 4) is 0 Å². The van der Waals surface area contributed by atoms with Crippen LogP contribution in [0.1, 0.15) is 23.2 Å². The molecule has 0 aliphatic carbocycles. The van der Waals surface area contributed by atoms with Crippen LogP contribution in [-0.4, -0.2) is 25.2 Å². The van der Waals surface area contributed by atoms with E-state index in [0.29, 0.717) is 11.3 Å². The molecule has 0 radical (unpaired) electrons. The number of benzene rings is 1. The number of anilines is 2. The molecule has 1 atom stereocenters. The minimum Gasteiger partial charge on any atom is -0.398 e. The second-order valence-electron chi connectivity index (χ2n) is 4.18. The third-order valence-corrected chi connectivity index (χ3v) is 2.88. The Morgan fingerprint density at radius 1 is 1.53 bits per heavy atom. The van der Waals surface area contributed by atoms with Crippen LogP contribution in [0.25, 0.3) is 0 Å². The van der Waals surface area contributed by atoms with E-state index in [2.05, 4.69) is 5.32 Å². The van der Waals surface area contributed by atoms with Crippen LogP contribution in [0, 0.1) is 0 Å². The molecule has 2 rings (SSSR count). The monoisotopic (exact) mass is 235 g/mol. The quantitative estimate of drug-likeness (QED) is 0.678. The summed E-state index contributed by atoms with van der Waals surface area (Å²) in [5.41, 5.74) is 12.5. The van der Waals surface area contributed by atoms with Crippen molar-refractivity contribution in [2.75, 3.05) is 24.2 Å². The van der Waals surface area contributed by atoms with Gasteiger partial charge in [0.15, 0.2) is 0 Å². The predicted molar refractivity (Wildman–Crippen MR) is 66.8 cm³/mol. The molecule has 92 valence electrons. The average molecular weight is 235 g/mol. The number of ether oxygens (including phenoxy) is 1. The molecule has 1 saturated heterocycles. The SMILES string of the molecule is NC(=O)c1cc(NCC2CCCO2)ccc1N. The second-order valence-corrected chi connectivity index (χ2v) is 4.18. The summed E-state index contributed by atoms with van der Waals surface area (Å²) in [5.74, 6) is -0.511. The van der Waals surface area contributed by atoms with E-state index in [4.69, 9.17) is 16.2 Å². The molecule has 0 saturated carbocycles. The number of hydrogen-bond acceptors (Lipinski definition) is 4. The minimum atomic E-state index is -0.511. The van der Waals surface area contributed by atoms with E-state index in [9.17, 15) is 4.79 Å². The Kier molecular flexibility index (Phi) is 3.49. The van der Waals surface area contributed by atoms with Crippen LogP contribution in [0.4, 0.5) is 11.4 Å². The maximum atomic E-state index is 11.1. The Balaban J connectivity index is 2.00. The molecule has 1 aliphatic rings. The first-order valence-corrected chi connectivity index (χ1v) is 5.71. The van der Waals surface area contributed by atoms with E-state index in [0.717, 1.165) is 31.7 Å². The summed E-state index contributed by atoms with van der Waals surface area (Å²) >= 11 is 0. The molecule has 0 aromatic heterocycles. The van der Waals surface area contributed by atoms with Gasteiger partial charge in [-0.05, 0) is 31.0 Å². The Morgan fingerprint density at radius 2 is 2.35 bits per heavy atom. The van der Waals surface area contributed by atoms with Crippen molar-refractivity contribution in [2.45, 2.75) is 18.9 Å². The normalized spacial score (nSPS) is 19.2. The zero-order valence-corrected chi connectivity index (χ0v) is 9.61. The molecule has 1 unspecified atom stereocenters. The molecule has 17 heavy (non-hydrogen) atoms. The lowest BCUT2D eigenvalue weighted by molar-refractivity contribution is 0.100. The highest BCUT2D eigenvalue weighted by atomic mass is 16.5. The number of amides is 1. The first-order valence-electron chi connectivity index (χ1n) is 5.71. The van der Waals surface area contributed by atoms with Gasteiger partial charge in [-0.25, -0.2) is 0 Å². The molecule has 0 bridgehead atoms. The van der Waals surface area contributed by atoms with E-state index in [1.165, 1.54) is 0 Å². The van der Waals surface area contributed by atoms with E-state index >= 15 is 0 Å². The Labute approximate surface area is 100 Å². The summed E-state index contributed by atoms with van der Waals surface area (Å²) in [6.07, 6.45) is 2.44. The summed E-state index contributed by atoms with van der Waals surface area (Å²) in [6, 6.07) is 5.18. The molecule has 5 nitrogen and oxygen atoms in total. The highest BCUT2D eigenvalue weighted by Crippen LogP contribution is 2.18. The van der Waals surface area contributed by atoms with Gasteiger partial charge in [0.2, 0.25) is 0 Å². The van der Waals surface area contributed by atoms with Gasteiger partial charge in [0.1, 0.15) is 0 Å². The fourth-order valence-electron chi connectivity index (χ4n) is 1.92. The van der Waals surface area contributed by atoms with Crippen molar-refractivity contribution >= 4 is 17.3 Å². The molecule has 1 aromatic carbocycles. The molecular weight excluding hydrogens is 218 g/mol. The highest BCUT2D eigenvalue weighted by Gasteiger charge is 2.15. The number of primary amides is 1. The first-order chi connectivity index (χ1) is 8.16. The van der Waals surface area contributed by atoms with Gasteiger partial charge in [-0.2, -0.15) is 0 Å². The molecule has 1 amide bonds. The molecule has 0 spiro atoms. The minimum absolute atomic E-state index is 0.254. The number of rotatable bonds is 4. The number of carbonyl (C=O) groups excluding carboxylic acids is 1. The summed E-state index contributed by atoms with van der Waals surface area (Å²) in [6.45, 7) is 1.57. The number of carbonyl (C=O) groups is 1.